The van der Waals surface area contributed by atoms with Crippen LogP contribution in [0.5, 0.6) is 0 Å². The molecule has 0 saturated heterocycles. The van der Waals surface area contributed by atoms with E-state index in [2.05, 4.69) is 5.32 Å². The van der Waals surface area contributed by atoms with Crippen molar-refractivity contribution in [2.24, 2.45) is 0 Å². The molecule has 0 aliphatic carbocycles. The van der Waals surface area contributed by atoms with Crippen LogP contribution in [0.2, 0.25) is 0 Å². The second-order valence-electron chi connectivity index (χ2n) is 7.13. The number of aromatic nitrogens is 1. The second kappa shape index (κ2) is 8.07. The lowest BCUT2D eigenvalue weighted by Gasteiger charge is -2.23. The SMILES string of the molecule is CN(CC(=O)NC(C)(C)C)C(=O)COC(=O)Cn1c(=O)oc2ccccc21. The topological polar surface area (TPSA) is 111 Å². The van der Waals surface area contributed by atoms with Crippen LogP contribution < -0.4 is 11.1 Å². The van der Waals surface area contributed by atoms with Crippen molar-refractivity contribution in [3.8, 4) is 0 Å². The zero-order valence-electron chi connectivity index (χ0n) is 15.8. The summed E-state index contributed by atoms with van der Waals surface area (Å²) in [7, 11) is 1.44. The van der Waals surface area contributed by atoms with Gasteiger partial charge in [-0.1, -0.05) is 12.1 Å². The molecule has 0 bridgehead atoms. The minimum atomic E-state index is -0.760. The molecule has 0 atom stereocenters. The van der Waals surface area contributed by atoms with Crippen molar-refractivity contribution in [2.75, 3.05) is 20.2 Å². The van der Waals surface area contributed by atoms with Crippen LogP contribution in [-0.2, 0) is 25.7 Å². The number of carbonyl (C=O) groups is 3. The summed E-state index contributed by atoms with van der Waals surface area (Å²) in [5, 5.41) is 2.73. The first-order valence-electron chi connectivity index (χ1n) is 8.36. The highest BCUT2D eigenvalue weighted by Gasteiger charge is 2.19. The van der Waals surface area contributed by atoms with Gasteiger partial charge in [-0.2, -0.15) is 0 Å². The van der Waals surface area contributed by atoms with E-state index in [0.717, 1.165) is 9.47 Å². The van der Waals surface area contributed by atoms with E-state index in [0.29, 0.717) is 11.1 Å². The van der Waals surface area contributed by atoms with Crippen LogP contribution in [0.1, 0.15) is 20.8 Å². The number of ether oxygens (including phenoxy) is 1. The number of rotatable bonds is 6. The molecule has 2 aromatic rings. The number of nitrogens with one attached hydrogen (secondary N) is 1. The zero-order valence-corrected chi connectivity index (χ0v) is 15.8. The second-order valence-corrected chi connectivity index (χ2v) is 7.13. The number of amides is 2. The number of benzene rings is 1. The molecule has 27 heavy (non-hydrogen) atoms. The Labute approximate surface area is 155 Å². The maximum absolute atomic E-state index is 12.0. The molecule has 0 saturated carbocycles. The Kier molecular flexibility index (Phi) is 6.04. The van der Waals surface area contributed by atoms with Crippen molar-refractivity contribution in [3.05, 3.63) is 34.8 Å². The summed E-state index contributed by atoms with van der Waals surface area (Å²) in [6, 6.07) is 6.67. The van der Waals surface area contributed by atoms with Gasteiger partial charge in [-0.05, 0) is 32.9 Å². The molecular formula is C18H23N3O6. The molecule has 9 nitrogen and oxygen atoms in total. The number of fused-ring (bicyclic) bond motifs is 1. The molecule has 0 aliphatic rings. The van der Waals surface area contributed by atoms with Gasteiger partial charge in [0.15, 0.2) is 12.2 Å². The van der Waals surface area contributed by atoms with Crippen LogP contribution in [0.3, 0.4) is 0 Å². The Hall–Kier alpha value is -3.10. The highest BCUT2D eigenvalue weighted by molar-refractivity contribution is 5.86. The van der Waals surface area contributed by atoms with Gasteiger partial charge in [0.2, 0.25) is 5.91 Å². The molecule has 0 spiro atoms. The highest BCUT2D eigenvalue weighted by Crippen LogP contribution is 2.11. The van der Waals surface area contributed by atoms with Gasteiger partial charge in [0.1, 0.15) is 6.54 Å². The Morgan fingerprint density at radius 1 is 1.22 bits per heavy atom. The van der Waals surface area contributed by atoms with Gasteiger partial charge in [0.25, 0.3) is 5.91 Å². The molecule has 2 rings (SSSR count). The predicted molar refractivity (Wildman–Crippen MR) is 97.0 cm³/mol. The third kappa shape index (κ3) is 5.70. The van der Waals surface area contributed by atoms with Gasteiger partial charge in [0.05, 0.1) is 12.1 Å². The first-order chi connectivity index (χ1) is 12.6. The summed E-state index contributed by atoms with van der Waals surface area (Å²) in [5.41, 5.74) is 0.409. The van der Waals surface area contributed by atoms with E-state index in [-0.39, 0.29) is 19.0 Å². The third-order valence-electron chi connectivity index (χ3n) is 3.54. The van der Waals surface area contributed by atoms with Gasteiger partial charge < -0.3 is 19.4 Å². The maximum Gasteiger partial charge on any atom is 0.420 e. The summed E-state index contributed by atoms with van der Waals surface area (Å²) in [6.07, 6.45) is 0. The highest BCUT2D eigenvalue weighted by atomic mass is 16.5. The molecule has 1 heterocycles. The Balaban J connectivity index is 1.87. The number of hydrogen-bond donors (Lipinski definition) is 1. The normalized spacial score (nSPS) is 11.3. The van der Waals surface area contributed by atoms with Crippen LogP contribution in [0.25, 0.3) is 11.1 Å². The van der Waals surface area contributed by atoms with E-state index in [4.69, 9.17) is 9.15 Å². The molecule has 0 aliphatic heterocycles. The van der Waals surface area contributed by atoms with Gasteiger partial charge in [-0.3, -0.25) is 19.0 Å². The van der Waals surface area contributed by atoms with Crippen molar-refractivity contribution in [1.29, 1.82) is 0 Å². The van der Waals surface area contributed by atoms with Gasteiger partial charge >= 0.3 is 11.7 Å². The molecule has 146 valence electrons. The minimum Gasteiger partial charge on any atom is -0.454 e. The quantitative estimate of drug-likeness (QED) is 0.735. The van der Waals surface area contributed by atoms with Crippen LogP contribution in [0.15, 0.2) is 33.5 Å². The van der Waals surface area contributed by atoms with Crippen LogP contribution in [0.4, 0.5) is 0 Å². The predicted octanol–water partition coefficient (Wildman–Crippen LogP) is 0.511. The summed E-state index contributed by atoms with van der Waals surface area (Å²) >= 11 is 0. The molecule has 0 radical (unpaired) electrons. The number of likely N-dealkylation sites (N-methyl/N-ethyl adjacent to an activating group) is 1. The lowest BCUT2D eigenvalue weighted by atomic mass is 10.1. The largest absolute Gasteiger partial charge is 0.454 e. The average molecular weight is 377 g/mol. The molecule has 1 aromatic carbocycles. The Bertz CT molecular complexity index is 906. The summed E-state index contributed by atoms with van der Waals surface area (Å²) < 4.78 is 11.1. The Morgan fingerprint density at radius 2 is 1.89 bits per heavy atom. The maximum atomic E-state index is 12.0. The summed E-state index contributed by atoms with van der Waals surface area (Å²) in [6.45, 7) is 4.43. The van der Waals surface area contributed by atoms with E-state index in [1.165, 1.54) is 7.05 Å². The minimum absolute atomic E-state index is 0.153. The van der Waals surface area contributed by atoms with Gasteiger partial charge in [-0.15, -0.1) is 0 Å². The fourth-order valence-electron chi connectivity index (χ4n) is 2.35. The number of nitrogens with zero attached hydrogens (tertiary/aromatic N) is 2. The third-order valence-corrected chi connectivity index (χ3v) is 3.54. The molecule has 1 aromatic heterocycles. The van der Waals surface area contributed by atoms with Crippen molar-refractivity contribution >= 4 is 28.9 Å². The zero-order chi connectivity index (χ0) is 20.2. The summed E-state index contributed by atoms with van der Waals surface area (Å²) in [5.74, 6) is -2.29. The fraction of sp³-hybridized carbons (Fsp3) is 0.444. The first kappa shape index (κ1) is 20.2. The lowest BCUT2D eigenvalue weighted by Crippen LogP contribution is -2.47. The van der Waals surface area contributed by atoms with Crippen LogP contribution in [-0.4, -0.2) is 53.0 Å². The number of para-hydroxylation sites is 2. The van der Waals surface area contributed by atoms with Crippen LogP contribution in [0, 0.1) is 0 Å². The van der Waals surface area contributed by atoms with E-state index >= 15 is 0 Å². The number of oxazole rings is 1. The number of hydrogen-bond acceptors (Lipinski definition) is 6. The van der Waals surface area contributed by atoms with Gasteiger partial charge in [0, 0.05) is 12.6 Å². The molecule has 2 amide bonds. The monoisotopic (exact) mass is 377 g/mol. The smallest absolute Gasteiger partial charge is 0.420 e. The molecule has 0 unspecified atom stereocenters. The summed E-state index contributed by atoms with van der Waals surface area (Å²) in [4.78, 5) is 48.8. The molecular weight excluding hydrogens is 354 g/mol. The fourth-order valence-corrected chi connectivity index (χ4v) is 2.35. The van der Waals surface area contributed by atoms with E-state index in [9.17, 15) is 19.2 Å². The van der Waals surface area contributed by atoms with Crippen molar-refractivity contribution < 1.29 is 23.5 Å². The Morgan fingerprint density at radius 3 is 2.56 bits per heavy atom. The van der Waals surface area contributed by atoms with E-state index in [1.54, 1.807) is 24.3 Å². The van der Waals surface area contributed by atoms with Crippen molar-refractivity contribution in [2.45, 2.75) is 32.9 Å². The number of carbonyl (C=O) groups excluding carboxylic acids is 3. The van der Waals surface area contributed by atoms with Crippen molar-refractivity contribution in [1.82, 2.24) is 14.8 Å². The van der Waals surface area contributed by atoms with E-state index < -0.39 is 29.8 Å². The standard InChI is InChI=1S/C18H23N3O6/c1-18(2,3)19-14(22)9-20(4)15(23)11-26-16(24)10-21-12-7-5-6-8-13(12)27-17(21)25/h5-8H,9-11H2,1-4H3,(H,19,22). The molecule has 1 N–H and O–H groups in total. The van der Waals surface area contributed by atoms with Crippen molar-refractivity contribution in [3.63, 3.8) is 0 Å². The first-order valence-corrected chi connectivity index (χ1v) is 8.36. The van der Waals surface area contributed by atoms with Gasteiger partial charge in [-0.25, -0.2) is 4.79 Å². The average Bonchev–Trinajstić information content (AvgIpc) is 2.86. The lowest BCUT2D eigenvalue weighted by molar-refractivity contribution is -0.152. The van der Waals surface area contributed by atoms with Crippen LogP contribution >= 0.6 is 0 Å². The number of esters is 1. The molecule has 0 fully saturated rings. The molecule has 9 heteroatoms. The van der Waals surface area contributed by atoms with E-state index in [1.807, 2.05) is 20.8 Å².